The number of halogens is 1. The first kappa shape index (κ1) is 16.2. The maximum atomic E-state index is 12.4. The van der Waals surface area contributed by atoms with E-state index in [4.69, 9.17) is 9.84 Å². The summed E-state index contributed by atoms with van der Waals surface area (Å²) >= 11 is 3.42. The zero-order chi connectivity index (χ0) is 16.8. The number of aliphatic hydroxyl groups excluding tert-OH is 2. The van der Waals surface area contributed by atoms with Crippen molar-refractivity contribution in [1.29, 1.82) is 0 Å². The fourth-order valence-electron chi connectivity index (χ4n) is 2.90. The Morgan fingerprint density at radius 1 is 1.30 bits per heavy atom. The van der Waals surface area contributed by atoms with Gasteiger partial charge in [0.25, 0.3) is 5.56 Å². The summed E-state index contributed by atoms with van der Waals surface area (Å²) in [5.74, 6) is 0.645. The van der Waals surface area contributed by atoms with Crippen LogP contribution in [0.4, 0.5) is 0 Å². The van der Waals surface area contributed by atoms with Crippen molar-refractivity contribution in [1.82, 2.24) is 4.57 Å². The van der Waals surface area contributed by atoms with E-state index in [0.29, 0.717) is 11.3 Å². The normalized spacial score (nSPS) is 22.3. The van der Waals surface area contributed by atoms with Crippen LogP contribution in [0.5, 0.6) is 5.75 Å². The average molecular weight is 380 g/mol. The molecule has 0 fully saturated rings. The molecule has 1 aliphatic rings. The summed E-state index contributed by atoms with van der Waals surface area (Å²) in [6, 6.07) is 8.03. The minimum absolute atomic E-state index is 0.194. The molecule has 23 heavy (non-hydrogen) atoms. The van der Waals surface area contributed by atoms with E-state index in [1.54, 1.807) is 26.1 Å². The summed E-state index contributed by atoms with van der Waals surface area (Å²) in [4.78, 5) is 12.4. The molecule has 0 amide bonds. The third kappa shape index (κ3) is 2.82. The molecule has 3 rings (SSSR count). The topological polar surface area (TPSA) is 71.7 Å². The first-order chi connectivity index (χ1) is 10.8. The Bertz CT molecular complexity index is 799. The number of nitrogens with zero attached hydrogens (tertiary/aromatic N) is 1. The van der Waals surface area contributed by atoms with Crippen LogP contribution in [0.3, 0.4) is 0 Å². The van der Waals surface area contributed by atoms with Gasteiger partial charge in [-0.05, 0) is 43.7 Å². The highest BCUT2D eigenvalue weighted by molar-refractivity contribution is 9.10. The van der Waals surface area contributed by atoms with Gasteiger partial charge in [-0.1, -0.05) is 15.9 Å². The fourth-order valence-corrected chi connectivity index (χ4v) is 3.28. The van der Waals surface area contributed by atoms with E-state index in [-0.39, 0.29) is 12.2 Å². The number of pyridine rings is 1. The number of benzene rings is 1. The number of ether oxygens (including phenoxy) is 1. The summed E-state index contributed by atoms with van der Waals surface area (Å²) in [6.07, 6.45) is 0.704. The molecule has 0 spiro atoms. The molecule has 0 unspecified atom stereocenters. The molecule has 1 aromatic heterocycles. The Balaban J connectivity index is 2.21. The third-order valence-electron chi connectivity index (χ3n) is 4.17. The smallest absolute Gasteiger partial charge is 0.251 e. The molecule has 2 N–H and O–H groups in total. The maximum absolute atomic E-state index is 12.4. The molecular weight excluding hydrogens is 362 g/mol. The molecule has 0 radical (unpaired) electrons. The van der Waals surface area contributed by atoms with E-state index in [1.165, 1.54) is 10.6 Å². The molecule has 0 saturated heterocycles. The Hall–Kier alpha value is -1.63. The van der Waals surface area contributed by atoms with Gasteiger partial charge < -0.3 is 19.5 Å². The Morgan fingerprint density at radius 3 is 2.70 bits per heavy atom. The monoisotopic (exact) mass is 379 g/mol. The molecule has 0 bridgehead atoms. The van der Waals surface area contributed by atoms with Crippen LogP contribution in [0.15, 0.2) is 45.8 Å². The summed E-state index contributed by atoms with van der Waals surface area (Å²) in [6.45, 7) is 3.39. The van der Waals surface area contributed by atoms with Crippen LogP contribution in [-0.2, 0) is 6.61 Å². The summed E-state index contributed by atoms with van der Waals surface area (Å²) < 4.78 is 8.23. The standard InChI is InChI=1S/C17H18BrNO4/c1-17(2)16(22)15(12-8-11(18)3-4-13(12)23-17)19-6-5-10(9-20)7-14(19)21/h3-8,15-16,20,22H,9H2,1-2H3/t15-,16+/m1/s1. The molecule has 6 heteroatoms. The minimum Gasteiger partial charge on any atom is -0.485 e. The van der Waals surface area contributed by atoms with Crippen molar-refractivity contribution in [3.05, 3.63) is 62.5 Å². The number of hydrogen-bond acceptors (Lipinski definition) is 4. The maximum Gasteiger partial charge on any atom is 0.251 e. The second-order valence-corrected chi connectivity index (χ2v) is 7.13. The van der Waals surface area contributed by atoms with Gasteiger partial charge in [-0.2, -0.15) is 0 Å². The lowest BCUT2D eigenvalue weighted by Crippen LogP contribution is -2.52. The zero-order valence-electron chi connectivity index (χ0n) is 12.9. The number of aliphatic hydroxyl groups is 2. The van der Waals surface area contributed by atoms with Crippen molar-refractivity contribution in [2.24, 2.45) is 0 Å². The van der Waals surface area contributed by atoms with Crippen LogP contribution in [0.2, 0.25) is 0 Å². The van der Waals surface area contributed by atoms with E-state index in [0.717, 1.165) is 10.0 Å². The molecule has 5 nitrogen and oxygen atoms in total. The van der Waals surface area contributed by atoms with Gasteiger partial charge in [-0.15, -0.1) is 0 Å². The summed E-state index contributed by atoms with van der Waals surface area (Å²) in [7, 11) is 0. The zero-order valence-corrected chi connectivity index (χ0v) is 14.4. The predicted molar refractivity (Wildman–Crippen MR) is 89.6 cm³/mol. The van der Waals surface area contributed by atoms with Gasteiger partial charge in [0.05, 0.1) is 12.6 Å². The molecule has 2 heterocycles. The third-order valence-corrected chi connectivity index (χ3v) is 4.66. The number of rotatable bonds is 2. The van der Waals surface area contributed by atoms with Crippen LogP contribution in [0.1, 0.15) is 31.0 Å². The molecule has 2 aromatic rings. The summed E-state index contributed by atoms with van der Waals surface area (Å²) in [5, 5.41) is 20.0. The quantitative estimate of drug-likeness (QED) is 0.838. The van der Waals surface area contributed by atoms with Crippen LogP contribution < -0.4 is 10.3 Å². The van der Waals surface area contributed by atoms with Crippen molar-refractivity contribution in [3.63, 3.8) is 0 Å². The fraction of sp³-hybridized carbons (Fsp3) is 0.353. The van der Waals surface area contributed by atoms with Gasteiger partial charge in [-0.25, -0.2) is 0 Å². The highest BCUT2D eigenvalue weighted by Crippen LogP contribution is 2.42. The highest BCUT2D eigenvalue weighted by Gasteiger charge is 2.44. The second kappa shape index (κ2) is 5.78. The minimum atomic E-state index is -0.901. The predicted octanol–water partition coefficient (Wildman–Crippen LogP) is 2.22. The first-order valence-electron chi connectivity index (χ1n) is 7.32. The largest absolute Gasteiger partial charge is 0.485 e. The van der Waals surface area contributed by atoms with E-state index < -0.39 is 17.7 Å². The number of aromatic nitrogens is 1. The van der Waals surface area contributed by atoms with E-state index in [9.17, 15) is 9.90 Å². The van der Waals surface area contributed by atoms with Gasteiger partial charge in [0.2, 0.25) is 0 Å². The first-order valence-corrected chi connectivity index (χ1v) is 8.11. The van der Waals surface area contributed by atoms with Crippen LogP contribution in [0, 0.1) is 0 Å². The lowest BCUT2D eigenvalue weighted by atomic mass is 9.86. The van der Waals surface area contributed by atoms with Gasteiger partial charge in [0.1, 0.15) is 17.5 Å². The van der Waals surface area contributed by atoms with E-state index in [1.807, 2.05) is 18.2 Å². The SMILES string of the molecule is CC1(C)Oc2ccc(Br)cc2[C@@H](n2ccc(CO)cc2=O)[C@@H]1O. The molecule has 0 aliphatic carbocycles. The Kier molecular flexibility index (Phi) is 4.08. The van der Waals surface area contributed by atoms with Crippen LogP contribution in [-0.4, -0.2) is 26.5 Å². The van der Waals surface area contributed by atoms with Crippen molar-refractivity contribution in [3.8, 4) is 5.75 Å². The van der Waals surface area contributed by atoms with Gasteiger partial charge in [-0.3, -0.25) is 4.79 Å². The lowest BCUT2D eigenvalue weighted by molar-refractivity contribution is -0.0643. The molecule has 2 atom stereocenters. The highest BCUT2D eigenvalue weighted by atomic mass is 79.9. The average Bonchev–Trinajstić information content (AvgIpc) is 2.50. The van der Waals surface area contributed by atoms with Crippen molar-refractivity contribution < 1.29 is 14.9 Å². The molecule has 122 valence electrons. The molecule has 0 saturated carbocycles. The van der Waals surface area contributed by atoms with Crippen molar-refractivity contribution in [2.45, 2.75) is 38.2 Å². The van der Waals surface area contributed by atoms with Gasteiger partial charge >= 0.3 is 0 Å². The second-order valence-electron chi connectivity index (χ2n) is 6.22. The van der Waals surface area contributed by atoms with Crippen molar-refractivity contribution in [2.75, 3.05) is 0 Å². The lowest BCUT2D eigenvalue weighted by Gasteiger charge is -2.42. The van der Waals surface area contributed by atoms with Gasteiger partial charge in [0.15, 0.2) is 0 Å². The molecule has 1 aliphatic heterocycles. The Labute approximate surface area is 142 Å². The van der Waals surface area contributed by atoms with Crippen LogP contribution >= 0.6 is 15.9 Å². The number of hydrogen-bond donors (Lipinski definition) is 2. The van der Waals surface area contributed by atoms with Crippen LogP contribution in [0.25, 0.3) is 0 Å². The van der Waals surface area contributed by atoms with E-state index >= 15 is 0 Å². The van der Waals surface area contributed by atoms with Crippen molar-refractivity contribution >= 4 is 15.9 Å². The molecule has 1 aromatic carbocycles. The molecular formula is C17H18BrNO4. The van der Waals surface area contributed by atoms with Gasteiger partial charge in [0, 0.05) is 22.3 Å². The van der Waals surface area contributed by atoms with E-state index in [2.05, 4.69) is 15.9 Å². The summed E-state index contributed by atoms with van der Waals surface area (Å²) in [5.41, 5.74) is 0.177. The number of fused-ring (bicyclic) bond motifs is 1. The Morgan fingerprint density at radius 2 is 2.04 bits per heavy atom.